The summed E-state index contributed by atoms with van der Waals surface area (Å²) < 4.78 is 0. The molecule has 1 N–H and O–H groups in total. The van der Waals surface area contributed by atoms with E-state index in [1.165, 1.54) is 18.7 Å². The third-order valence-corrected chi connectivity index (χ3v) is 3.58. The topological polar surface area (TPSA) is 28.2 Å². The van der Waals surface area contributed by atoms with E-state index < -0.39 is 0 Å². The van der Waals surface area contributed by atoms with E-state index in [9.17, 15) is 0 Å². The molecule has 1 aliphatic carbocycles. The molecule has 1 aromatic rings. The Labute approximate surface area is 104 Å². The van der Waals surface area contributed by atoms with Crippen LogP contribution in [0.25, 0.3) is 0 Å². The van der Waals surface area contributed by atoms with Crippen molar-refractivity contribution in [1.82, 2.24) is 10.3 Å². The van der Waals surface area contributed by atoms with Crippen molar-refractivity contribution in [3.8, 4) is 0 Å². The van der Waals surface area contributed by atoms with Crippen LogP contribution < -0.4 is 10.2 Å². The van der Waals surface area contributed by atoms with E-state index in [0.717, 1.165) is 30.6 Å². The van der Waals surface area contributed by atoms with Gasteiger partial charge in [0, 0.05) is 32.0 Å². The summed E-state index contributed by atoms with van der Waals surface area (Å²) in [6.45, 7) is 7.47. The first-order chi connectivity index (χ1) is 8.20. The summed E-state index contributed by atoms with van der Waals surface area (Å²) in [4.78, 5) is 6.73. The molecule has 3 heteroatoms. The number of hydrogen-bond acceptors (Lipinski definition) is 3. The Bertz CT molecular complexity index is 364. The van der Waals surface area contributed by atoms with Gasteiger partial charge in [0.05, 0.1) is 5.69 Å². The number of pyridine rings is 1. The lowest BCUT2D eigenvalue weighted by Crippen LogP contribution is -2.21. The fourth-order valence-corrected chi connectivity index (χ4v) is 2.16. The molecule has 0 bridgehead atoms. The Balaban J connectivity index is 1.94. The molecule has 94 valence electrons. The van der Waals surface area contributed by atoms with Gasteiger partial charge in [-0.25, -0.2) is 0 Å². The Morgan fingerprint density at radius 3 is 2.94 bits per heavy atom. The minimum Gasteiger partial charge on any atom is -0.374 e. The second-order valence-electron chi connectivity index (χ2n) is 5.14. The van der Waals surface area contributed by atoms with E-state index in [1.54, 1.807) is 0 Å². The molecule has 0 aromatic carbocycles. The van der Waals surface area contributed by atoms with Crippen LogP contribution in [0.5, 0.6) is 0 Å². The number of rotatable bonds is 6. The Hall–Kier alpha value is -1.09. The standard InChI is InChI=1S/C14H23N3/c1-4-15-9-13-8-14(5-6-16-13)17(3)10-12-7-11(12)2/h5-6,8,11-12,15H,4,7,9-10H2,1-3H3. The molecular weight excluding hydrogens is 210 g/mol. The predicted octanol–water partition coefficient (Wildman–Crippen LogP) is 2.28. The number of nitrogens with zero attached hydrogens (tertiary/aromatic N) is 2. The molecule has 1 fully saturated rings. The van der Waals surface area contributed by atoms with Crippen molar-refractivity contribution in [3.63, 3.8) is 0 Å². The van der Waals surface area contributed by atoms with Gasteiger partial charge in [-0.1, -0.05) is 13.8 Å². The lowest BCUT2D eigenvalue weighted by atomic mass is 10.2. The minimum absolute atomic E-state index is 0.859. The molecule has 0 saturated heterocycles. The van der Waals surface area contributed by atoms with E-state index in [0.29, 0.717) is 0 Å². The van der Waals surface area contributed by atoms with Crippen molar-refractivity contribution < 1.29 is 0 Å². The molecule has 17 heavy (non-hydrogen) atoms. The van der Waals surface area contributed by atoms with Gasteiger partial charge in [-0.3, -0.25) is 4.98 Å². The monoisotopic (exact) mass is 233 g/mol. The van der Waals surface area contributed by atoms with Gasteiger partial charge in [0.25, 0.3) is 0 Å². The highest BCUT2D eigenvalue weighted by Crippen LogP contribution is 2.38. The van der Waals surface area contributed by atoms with E-state index in [4.69, 9.17) is 0 Å². The minimum atomic E-state index is 0.859. The van der Waals surface area contributed by atoms with Crippen LogP contribution >= 0.6 is 0 Å². The van der Waals surface area contributed by atoms with Gasteiger partial charge in [-0.2, -0.15) is 0 Å². The highest BCUT2D eigenvalue weighted by atomic mass is 15.1. The molecule has 0 radical (unpaired) electrons. The first-order valence-electron chi connectivity index (χ1n) is 6.57. The molecular formula is C14H23N3. The maximum absolute atomic E-state index is 4.38. The first kappa shape index (κ1) is 12.4. The van der Waals surface area contributed by atoms with Gasteiger partial charge in [-0.15, -0.1) is 0 Å². The van der Waals surface area contributed by atoms with E-state index >= 15 is 0 Å². The number of hydrogen-bond donors (Lipinski definition) is 1. The molecule has 0 aliphatic heterocycles. The van der Waals surface area contributed by atoms with Crippen molar-refractivity contribution in [2.75, 3.05) is 25.0 Å². The molecule has 1 aromatic heterocycles. The van der Waals surface area contributed by atoms with Crippen LogP contribution in [0.2, 0.25) is 0 Å². The van der Waals surface area contributed by atoms with Crippen LogP contribution in [-0.2, 0) is 6.54 Å². The maximum atomic E-state index is 4.38. The lowest BCUT2D eigenvalue weighted by Gasteiger charge is -2.19. The second-order valence-corrected chi connectivity index (χ2v) is 5.14. The largest absolute Gasteiger partial charge is 0.374 e. The second kappa shape index (κ2) is 5.50. The van der Waals surface area contributed by atoms with Gasteiger partial charge < -0.3 is 10.2 Å². The fraction of sp³-hybridized carbons (Fsp3) is 0.643. The Kier molecular flexibility index (Phi) is 4.00. The summed E-state index contributed by atoms with van der Waals surface area (Å²) in [6.07, 6.45) is 3.30. The highest BCUT2D eigenvalue weighted by molar-refractivity contribution is 5.45. The SMILES string of the molecule is CCNCc1cc(N(C)CC2CC2C)ccn1. The molecule has 3 nitrogen and oxygen atoms in total. The third kappa shape index (κ3) is 3.43. The normalized spacial score (nSPS) is 22.5. The van der Waals surface area contributed by atoms with Crippen molar-refractivity contribution in [3.05, 3.63) is 24.0 Å². The zero-order valence-electron chi connectivity index (χ0n) is 11.1. The summed E-state index contributed by atoms with van der Waals surface area (Å²) in [5, 5.41) is 3.31. The Morgan fingerprint density at radius 2 is 2.29 bits per heavy atom. The van der Waals surface area contributed by atoms with Gasteiger partial charge in [0.2, 0.25) is 0 Å². The van der Waals surface area contributed by atoms with Gasteiger partial charge >= 0.3 is 0 Å². The molecule has 1 heterocycles. The summed E-state index contributed by atoms with van der Waals surface area (Å²) in [7, 11) is 2.18. The molecule has 2 unspecified atom stereocenters. The van der Waals surface area contributed by atoms with Crippen molar-refractivity contribution >= 4 is 5.69 Å². The van der Waals surface area contributed by atoms with Crippen LogP contribution in [0.1, 0.15) is 26.0 Å². The Morgan fingerprint density at radius 1 is 1.53 bits per heavy atom. The molecule has 0 amide bonds. The van der Waals surface area contributed by atoms with Crippen LogP contribution in [-0.4, -0.2) is 25.1 Å². The first-order valence-corrected chi connectivity index (χ1v) is 6.57. The van der Waals surface area contributed by atoms with Crippen LogP contribution in [0.4, 0.5) is 5.69 Å². The van der Waals surface area contributed by atoms with Crippen LogP contribution in [0.3, 0.4) is 0 Å². The maximum Gasteiger partial charge on any atom is 0.0562 e. The zero-order chi connectivity index (χ0) is 12.3. The number of anilines is 1. The average Bonchev–Trinajstić information content (AvgIpc) is 3.02. The fourth-order valence-electron chi connectivity index (χ4n) is 2.16. The molecule has 1 aliphatic rings. The number of aromatic nitrogens is 1. The summed E-state index contributed by atoms with van der Waals surface area (Å²) in [5.41, 5.74) is 2.41. The molecule has 2 rings (SSSR count). The molecule has 0 spiro atoms. The zero-order valence-corrected chi connectivity index (χ0v) is 11.1. The summed E-state index contributed by atoms with van der Waals surface area (Å²) in [6, 6.07) is 4.29. The average molecular weight is 233 g/mol. The van der Waals surface area contributed by atoms with Crippen molar-refractivity contribution in [2.45, 2.75) is 26.8 Å². The van der Waals surface area contributed by atoms with E-state index in [2.05, 4.69) is 48.2 Å². The van der Waals surface area contributed by atoms with E-state index in [-0.39, 0.29) is 0 Å². The lowest BCUT2D eigenvalue weighted by molar-refractivity contribution is 0.705. The summed E-state index contributed by atoms with van der Waals surface area (Å²) in [5.74, 6) is 1.81. The third-order valence-electron chi connectivity index (χ3n) is 3.58. The predicted molar refractivity (Wildman–Crippen MR) is 72.2 cm³/mol. The summed E-state index contributed by atoms with van der Waals surface area (Å²) >= 11 is 0. The molecule has 2 atom stereocenters. The quantitative estimate of drug-likeness (QED) is 0.817. The highest BCUT2D eigenvalue weighted by Gasteiger charge is 2.33. The van der Waals surface area contributed by atoms with Crippen LogP contribution in [0.15, 0.2) is 18.3 Å². The van der Waals surface area contributed by atoms with Crippen LogP contribution in [0, 0.1) is 11.8 Å². The smallest absolute Gasteiger partial charge is 0.0562 e. The van der Waals surface area contributed by atoms with Gasteiger partial charge in [0.15, 0.2) is 0 Å². The van der Waals surface area contributed by atoms with Gasteiger partial charge in [-0.05, 0) is 36.9 Å². The van der Waals surface area contributed by atoms with Crippen molar-refractivity contribution in [1.29, 1.82) is 0 Å². The molecule has 1 saturated carbocycles. The van der Waals surface area contributed by atoms with Crippen molar-refractivity contribution in [2.24, 2.45) is 11.8 Å². The number of nitrogens with one attached hydrogen (secondary N) is 1. The van der Waals surface area contributed by atoms with Gasteiger partial charge in [0.1, 0.15) is 0 Å². The van der Waals surface area contributed by atoms with E-state index in [1.807, 2.05) is 6.20 Å².